The van der Waals surface area contributed by atoms with E-state index in [1.807, 2.05) is 61.7 Å². The van der Waals surface area contributed by atoms with Crippen LogP contribution < -0.4 is 5.32 Å². The molecule has 1 heterocycles. The first-order valence-electron chi connectivity index (χ1n) is 5.27. The molecule has 0 saturated carbocycles. The van der Waals surface area contributed by atoms with Crippen molar-refractivity contribution < 1.29 is 0 Å². The summed E-state index contributed by atoms with van der Waals surface area (Å²) in [7, 11) is 4.00. The molecule has 0 bridgehead atoms. The lowest BCUT2D eigenvalue weighted by Gasteiger charge is -2.32. The maximum atomic E-state index is 4.34. The summed E-state index contributed by atoms with van der Waals surface area (Å²) < 4.78 is 0. The normalized spacial score (nSPS) is 15.2. The number of anilines is 1. The fourth-order valence-electron chi connectivity index (χ4n) is 1.52. The van der Waals surface area contributed by atoms with Crippen molar-refractivity contribution in [1.29, 1.82) is 0 Å². The van der Waals surface area contributed by atoms with E-state index in [4.69, 9.17) is 0 Å². The smallest absolute Gasteiger partial charge is 0.218 e. The minimum Gasteiger partial charge on any atom is -0.325 e. The lowest BCUT2D eigenvalue weighted by molar-refractivity contribution is 0.123. The SMILES string of the molecule is CN(C)N1CC=CN=C1Nc1ccccc1. The van der Waals surface area contributed by atoms with E-state index in [1.54, 1.807) is 0 Å². The molecule has 2 rings (SSSR count). The van der Waals surface area contributed by atoms with E-state index in [0.717, 1.165) is 18.2 Å². The Bertz CT molecular complexity index is 395. The average Bonchev–Trinajstić information content (AvgIpc) is 2.31. The zero-order chi connectivity index (χ0) is 11.4. The van der Waals surface area contributed by atoms with E-state index in [9.17, 15) is 0 Å². The molecule has 0 radical (unpaired) electrons. The van der Waals surface area contributed by atoms with E-state index < -0.39 is 0 Å². The van der Waals surface area contributed by atoms with Crippen molar-refractivity contribution in [2.75, 3.05) is 26.0 Å². The first kappa shape index (κ1) is 10.7. The first-order chi connectivity index (χ1) is 7.77. The van der Waals surface area contributed by atoms with Crippen molar-refractivity contribution in [3.8, 4) is 0 Å². The van der Waals surface area contributed by atoms with Crippen LogP contribution in [0.3, 0.4) is 0 Å². The maximum absolute atomic E-state index is 4.34. The van der Waals surface area contributed by atoms with Gasteiger partial charge < -0.3 is 5.32 Å². The van der Waals surface area contributed by atoms with E-state index in [-0.39, 0.29) is 0 Å². The molecule has 1 aromatic carbocycles. The molecule has 0 saturated heterocycles. The Morgan fingerprint density at radius 3 is 2.69 bits per heavy atom. The van der Waals surface area contributed by atoms with Gasteiger partial charge in [-0.3, -0.25) is 5.01 Å². The largest absolute Gasteiger partial charge is 0.325 e. The molecule has 0 spiro atoms. The molecule has 1 aliphatic heterocycles. The molecule has 0 amide bonds. The van der Waals surface area contributed by atoms with E-state index in [1.165, 1.54) is 0 Å². The Hall–Kier alpha value is -1.81. The van der Waals surface area contributed by atoms with E-state index in [0.29, 0.717) is 0 Å². The van der Waals surface area contributed by atoms with Crippen LogP contribution in [-0.2, 0) is 0 Å². The standard InChI is InChI=1S/C12H16N4/c1-15(2)16-10-6-9-13-12(16)14-11-7-4-3-5-8-11/h3-9H,10H2,1-2H3,(H,13,14). The van der Waals surface area contributed by atoms with Crippen molar-refractivity contribution in [1.82, 2.24) is 10.0 Å². The molecule has 0 atom stereocenters. The zero-order valence-electron chi connectivity index (χ0n) is 9.59. The summed E-state index contributed by atoms with van der Waals surface area (Å²) in [6, 6.07) is 10.0. The number of hydrogen-bond donors (Lipinski definition) is 1. The van der Waals surface area contributed by atoms with Crippen LogP contribution in [0.2, 0.25) is 0 Å². The summed E-state index contributed by atoms with van der Waals surface area (Å²) in [5, 5.41) is 7.37. The van der Waals surface area contributed by atoms with Gasteiger partial charge in [-0.25, -0.2) is 10.0 Å². The first-order valence-corrected chi connectivity index (χ1v) is 5.27. The fraction of sp³-hybridized carbons (Fsp3) is 0.250. The van der Waals surface area contributed by atoms with Crippen LogP contribution in [0.1, 0.15) is 0 Å². The Labute approximate surface area is 95.9 Å². The van der Waals surface area contributed by atoms with Crippen LogP contribution >= 0.6 is 0 Å². The van der Waals surface area contributed by atoms with Gasteiger partial charge in [-0.1, -0.05) is 18.2 Å². The summed E-state index contributed by atoms with van der Waals surface area (Å²) in [6.07, 6.45) is 3.85. The number of aliphatic imine (C=N–C) groups is 1. The lowest BCUT2D eigenvalue weighted by atomic mass is 10.3. The van der Waals surface area contributed by atoms with Crippen molar-refractivity contribution in [3.63, 3.8) is 0 Å². The third kappa shape index (κ3) is 2.41. The Morgan fingerprint density at radius 1 is 1.25 bits per heavy atom. The predicted molar refractivity (Wildman–Crippen MR) is 67.0 cm³/mol. The van der Waals surface area contributed by atoms with Gasteiger partial charge in [0.2, 0.25) is 5.96 Å². The summed E-state index contributed by atoms with van der Waals surface area (Å²) in [4.78, 5) is 4.34. The monoisotopic (exact) mass is 216 g/mol. The Morgan fingerprint density at radius 2 is 2.00 bits per heavy atom. The number of hydrogen-bond acceptors (Lipinski definition) is 4. The van der Waals surface area contributed by atoms with Gasteiger partial charge in [0.05, 0.1) is 6.54 Å². The predicted octanol–water partition coefficient (Wildman–Crippen LogP) is 1.76. The number of benzene rings is 1. The van der Waals surface area contributed by atoms with Crippen molar-refractivity contribution in [3.05, 3.63) is 42.6 Å². The van der Waals surface area contributed by atoms with Gasteiger partial charge in [0.15, 0.2) is 0 Å². The highest BCUT2D eigenvalue weighted by atomic mass is 15.6. The van der Waals surface area contributed by atoms with Crippen molar-refractivity contribution >= 4 is 11.6 Å². The summed E-state index contributed by atoms with van der Waals surface area (Å²) >= 11 is 0. The number of para-hydroxylation sites is 1. The molecule has 1 aliphatic rings. The van der Waals surface area contributed by atoms with Crippen LogP contribution in [0.5, 0.6) is 0 Å². The molecule has 16 heavy (non-hydrogen) atoms. The highest BCUT2D eigenvalue weighted by Gasteiger charge is 2.14. The molecule has 4 nitrogen and oxygen atoms in total. The molecule has 0 aliphatic carbocycles. The topological polar surface area (TPSA) is 30.9 Å². The van der Waals surface area contributed by atoms with Gasteiger partial charge in [-0.15, -0.1) is 0 Å². The minimum atomic E-state index is 0.839. The lowest BCUT2D eigenvalue weighted by Crippen LogP contribution is -2.46. The highest BCUT2D eigenvalue weighted by Crippen LogP contribution is 2.09. The Kier molecular flexibility index (Phi) is 3.22. The van der Waals surface area contributed by atoms with Crippen LogP contribution in [-0.4, -0.2) is 36.6 Å². The second-order valence-electron chi connectivity index (χ2n) is 3.76. The van der Waals surface area contributed by atoms with Gasteiger partial charge in [0.1, 0.15) is 0 Å². The van der Waals surface area contributed by atoms with Gasteiger partial charge in [-0.05, 0) is 18.2 Å². The summed E-state index contributed by atoms with van der Waals surface area (Å²) in [5.74, 6) is 0.846. The van der Waals surface area contributed by atoms with Gasteiger partial charge in [0, 0.05) is 26.0 Å². The molecule has 0 aromatic heterocycles. The molecule has 84 valence electrons. The highest BCUT2D eigenvalue weighted by molar-refractivity contribution is 5.94. The van der Waals surface area contributed by atoms with Gasteiger partial charge in [0.25, 0.3) is 0 Å². The molecule has 1 aromatic rings. The number of hydrazine groups is 1. The van der Waals surface area contributed by atoms with Crippen molar-refractivity contribution in [2.45, 2.75) is 0 Å². The van der Waals surface area contributed by atoms with E-state index in [2.05, 4.69) is 15.3 Å². The molecular weight excluding hydrogens is 200 g/mol. The number of guanidine groups is 1. The number of nitrogens with one attached hydrogen (secondary N) is 1. The molecule has 4 heteroatoms. The zero-order valence-corrected chi connectivity index (χ0v) is 9.59. The Balaban J connectivity index is 2.13. The minimum absolute atomic E-state index is 0.839. The third-order valence-electron chi connectivity index (χ3n) is 2.34. The summed E-state index contributed by atoms with van der Waals surface area (Å²) in [6.45, 7) is 0.839. The second-order valence-corrected chi connectivity index (χ2v) is 3.76. The van der Waals surface area contributed by atoms with Crippen LogP contribution in [0.15, 0.2) is 47.6 Å². The quantitative estimate of drug-likeness (QED) is 0.817. The maximum Gasteiger partial charge on any atom is 0.218 e. The number of nitrogens with zero attached hydrogens (tertiary/aromatic N) is 3. The summed E-state index contributed by atoms with van der Waals surface area (Å²) in [5.41, 5.74) is 1.04. The van der Waals surface area contributed by atoms with Crippen LogP contribution in [0, 0.1) is 0 Å². The molecule has 0 unspecified atom stereocenters. The average molecular weight is 216 g/mol. The molecular formula is C12H16N4. The van der Waals surface area contributed by atoms with Gasteiger partial charge in [-0.2, -0.15) is 0 Å². The van der Waals surface area contributed by atoms with Crippen molar-refractivity contribution in [2.24, 2.45) is 4.99 Å². The van der Waals surface area contributed by atoms with E-state index >= 15 is 0 Å². The van der Waals surface area contributed by atoms with Crippen LogP contribution in [0.4, 0.5) is 5.69 Å². The van der Waals surface area contributed by atoms with Crippen LogP contribution in [0.25, 0.3) is 0 Å². The third-order valence-corrected chi connectivity index (χ3v) is 2.34. The molecule has 1 N–H and O–H groups in total. The second kappa shape index (κ2) is 4.81. The van der Waals surface area contributed by atoms with Gasteiger partial charge >= 0.3 is 0 Å². The fourth-order valence-corrected chi connectivity index (χ4v) is 1.52. The molecule has 0 fully saturated rings. The number of rotatable bonds is 2.